The van der Waals surface area contributed by atoms with E-state index in [9.17, 15) is 9.59 Å². The molecule has 0 spiro atoms. The minimum absolute atomic E-state index is 0.227. The quantitative estimate of drug-likeness (QED) is 0.903. The van der Waals surface area contributed by atoms with Crippen molar-refractivity contribution in [2.24, 2.45) is 11.7 Å². The van der Waals surface area contributed by atoms with Crippen LogP contribution in [0.1, 0.15) is 26.3 Å². The lowest BCUT2D eigenvalue weighted by molar-refractivity contribution is -0.121. The Labute approximate surface area is 111 Å². The highest BCUT2D eigenvalue weighted by Crippen LogP contribution is 2.16. The van der Waals surface area contributed by atoms with Crippen molar-refractivity contribution in [2.75, 3.05) is 0 Å². The van der Waals surface area contributed by atoms with E-state index in [1.165, 1.54) is 10.9 Å². The van der Waals surface area contributed by atoms with Gasteiger partial charge in [0, 0.05) is 0 Å². The fourth-order valence-electron chi connectivity index (χ4n) is 2.12. The van der Waals surface area contributed by atoms with E-state index in [0.29, 0.717) is 17.3 Å². The van der Waals surface area contributed by atoms with Crippen molar-refractivity contribution in [1.29, 1.82) is 0 Å². The van der Waals surface area contributed by atoms with Crippen molar-refractivity contribution in [3.05, 3.63) is 40.9 Å². The highest BCUT2D eigenvalue weighted by Gasteiger charge is 2.21. The molecular formula is C14H17N3O2. The van der Waals surface area contributed by atoms with Gasteiger partial charge in [0.25, 0.3) is 5.56 Å². The Morgan fingerprint density at radius 2 is 2.05 bits per heavy atom. The second-order valence-corrected chi connectivity index (χ2v) is 5.02. The van der Waals surface area contributed by atoms with Crippen molar-refractivity contribution in [3.63, 3.8) is 0 Å². The second-order valence-electron chi connectivity index (χ2n) is 5.02. The van der Waals surface area contributed by atoms with Crippen molar-refractivity contribution in [1.82, 2.24) is 9.55 Å². The molecule has 5 nitrogen and oxygen atoms in total. The Hall–Kier alpha value is -2.17. The number of hydrogen-bond donors (Lipinski definition) is 1. The summed E-state index contributed by atoms with van der Waals surface area (Å²) in [7, 11) is 0. The minimum atomic E-state index is -0.649. The molecule has 1 amide bonds. The maximum absolute atomic E-state index is 12.4. The Balaban J connectivity index is 2.57. The molecule has 1 unspecified atom stereocenters. The van der Waals surface area contributed by atoms with Crippen molar-refractivity contribution in [2.45, 2.75) is 26.3 Å². The molecule has 1 aromatic heterocycles. The molecule has 0 bridgehead atoms. The molecule has 0 saturated heterocycles. The zero-order chi connectivity index (χ0) is 14.0. The molecule has 0 saturated carbocycles. The Kier molecular flexibility index (Phi) is 3.64. The van der Waals surface area contributed by atoms with E-state index in [-0.39, 0.29) is 11.5 Å². The van der Waals surface area contributed by atoms with Crippen molar-refractivity contribution < 1.29 is 4.79 Å². The molecule has 2 aromatic rings. The number of hydrogen-bond acceptors (Lipinski definition) is 3. The van der Waals surface area contributed by atoms with E-state index in [4.69, 9.17) is 5.73 Å². The van der Waals surface area contributed by atoms with Gasteiger partial charge in [-0.1, -0.05) is 26.0 Å². The highest BCUT2D eigenvalue weighted by atomic mass is 16.2. The number of para-hydroxylation sites is 1. The smallest absolute Gasteiger partial charge is 0.261 e. The van der Waals surface area contributed by atoms with Gasteiger partial charge in [-0.15, -0.1) is 0 Å². The average molecular weight is 259 g/mol. The second kappa shape index (κ2) is 5.22. The van der Waals surface area contributed by atoms with Crippen LogP contribution in [0, 0.1) is 5.92 Å². The van der Waals surface area contributed by atoms with E-state index in [2.05, 4.69) is 4.98 Å². The van der Waals surface area contributed by atoms with Crippen LogP contribution in [0.25, 0.3) is 10.9 Å². The molecular weight excluding hydrogens is 242 g/mol. The largest absolute Gasteiger partial charge is 0.368 e. The number of aromatic nitrogens is 2. The van der Waals surface area contributed by atoms with Crippen LogP contribution < -0.4 is 11.3 Å². The van der Waals surface area contributed by atoms with Gasteiger partial charge in [-0.2, -0.15) is 0 Å². The first kappa shape index (κ1) is 13.3. The lowest BCUT2D eigenvalue weighted by atomic mass is 10.0. The topological polar surface area (TPSA) is 78.0 Å². The van der Waals surface area contributed by atoms with Crippen LogP contribution in [-0.2, 0) is 4.79 Å². The Bertz CT molecular complexity index is 661. The van der Waals surface area contributed by atoms with Crippen LogP contribution in [0.5, 0.6) is 0 Å². The number of primary amides is 1. The van der Waals surface area contributed by atoms with Gasteiger partial charge >= 0.3 is 0 Å². The maximum Gasteiger partial charge on any atom is 0.261 e. The van der Waals surface area contributed by atoms with E-state index < -0.39 is 11.9 Å². The number of carbonyl (C=O) groups excluding carboxylic acids is 1. The Morgan fingerprint density at radius 3 is 2.68 bits per heavy atom. The summed E-state index contributed by atoms with van der Waals surface area (Å²) in [6.45, 7) is 3.96. The molecule has 0 fully saturated rings. The summed E-state index contributed by atoms with van der Waals surface area (Å²) in [6.07, 6.45) is 1.93. The van der Waals surface area contributed by atoms with Gasteiger partial charge in [0.2, 0.25) is 5.91 Å². The first-order chi connectivity index (χ1) is 9.00. The molecule has 2 rings (SSSR count). The van der Waals surface area contributed by atoms with Crippen LogP contribution >= 0.6 is 0 Å². The first-order valence-corrected chi connectivity index (χ1v) is 6.26. The normalized spacial score (nSPS) is 12.8. The monoisotopic (exact) mass is 259 g/mol. The number of fused-ring (bicyclic) bond motifs is 1. The Morgan fingerprint density at radius 1 is 1.37 bits per heavy atom. The summed E-state index contributed by atoms with van der Waals surface area (Å²) < 4.78 is 1.34. The molecule has 0 aliphatic carbocycles. The lowest BCUT2D eigenvalue weighted by Gasteiger charge is -2.18. The van der Waals surface area contributed by atoms with Crippen LogP contribution in [0.3, 0.4) is 0 Å². The molecule has 1 heterocycles. The fourth-order valence-corrected chi connectivity index (χ4v) is 2.12. The fraction of sp³-hybridized carbons (Fsp3) is 0.357. The van der Waals surface area contributed by atoms with Gasteiger partial charge in [0.15, 0.2) is 0 Å². The average Bonchev–Trinajstić information content (AvgIpc) is 2.37. The summed E-state index contributed by atoms with van der Waals surface area (Å²) >= 11 is 0. The molecule has 0 aliphatic heterocycles. The van der Waals surface area contributed by atoms with Gasteiger partial charge < -0.3 is 5.73 Å². The van der Waals surface area contributed by atoms with Crippen molar-refractivity contribution in [3.8, 4) is 0 Å². The van der Waals surface area contributed by atoms with E-state index in [1.54, 1.807) is 18.2 Å². The molecule has 0 aliphatic rings. The number of benzene rings is 1. The molecule has 1 aromatic carbocycles. The number of rotatable bonds is 4. The molecule has 1 atom stereocenters. The molecule has 100 valence electrons. The molecule has 19 heavy (non-hydrogen) atoms. The van der Waals surface area contributed by atoms with E-state index in [1.807, 2.05) is 19.9 Å². The zero-order valence-electron chi connectivity index (χ0n) is 11.0. The van der Waals surface area contributed by atoms with Gasteiger partial charge in [-0.3, -0.25) is 14.2 Å². The predicted molar refractivity (Wildman–Crippen MR) is 73.7 cm³/mol. The summed E-state index contributed by atoms with van der Waals surface area (Å²) in [5.41, 5.74) is 5.80. The third-order valence-electron chi connectivity index (χ3n) is 3.05. The number of carbonyl (C=O) groups is 1. The molecule has 5 heteroatoms. The van der Waals surface area contributed by atoms with E-state index in [0.717, 1.165) is 0 Å². The van der Waals surface area contributed by atoms with Crippen LogP contribution in [0.15, 0.2) is 35.4 Å². The highest BCUT2D eigenvalue weighted by molar-refractivity contribution is 5.80. The minimum Gasteiger partial charge on any atom is -0.368 e. The standard InChI is InChI=1S/C14H17N3O2/c1-9(2)7-12(13(15)18)17-8-16-11-6-4-3-5-10(11)14(17)19/h3-6,8-9,12H,7H2,1-2H3,(H2,15,18). The van der Waals surface area contributed by atoms with Gasteiger partial charge in [-0.25, -0.2) is 4.98 Å². The third kappa shape index (κ3) is 2.65. The molecule has 0 radical (unpaired) electrons. The maximum atomic E-state index is 12.4. The summed E-state index contributed by atoms with van der Waals surface area (Å²) in [6, 6.07) is 6.41. The van der Waals surface area contributed by atoms with Crippen LogP contribution in [-0.4, -0.2) is 15.5 Å². The van der Waals surface area contributed by atoms with Gasteiger partial charge in [0.05, 0.1) is 17.2 Å². The molecule has 2 N–H and O–H groups in total. The zero-order valence-corrected chi connectivity index (χ0v) is 11.0. The van der Waals surface area contributed by atoms with Gasteiger partial charge in [0.1, 0.15) is 6.04 Å². The van der Waals surface area contributed by atoms with Crippen LogP contribution in [0.2, 0.25) is 0 Å². The SMILES string of the molecule is CC(C)CC(C(N)=O)n1cnc2ccccc2c1=O. The number of nitrogens with zero attached hydrogens (tertiary/aromatic N) is 2. The summed E-state index contributed by atoms with van der Waals surface area (Å²) in [5, 5.41) is 0.500. The number of amides is 1. The van der Waals surface area contributed by atoms with Crippen molar-refractivity contribution >= 4 is 16.8 Å². The summed E-state index contributed by atoms with van der Waals surface area (Å²) in [5.74, 6) is -0.247. The van der Waals surface area contributed by atoms with Crippen LogP contribution in [0.4, 0.5) is 0 Å². The third-order valence-corrected chi connectivity index (χ3v) is 3.05. The predicted octanol–water partition coefficient (Wildman–Crippen LogP) is 1.47. The summed E-state index contributed by atoms with van der Waals surface area (Å²) in [4.78, 5) is 28.1. The first-order valence-electron chi connectivity index (χ1n) is 6.26. The van der Waals surface area contributed by atoms with E-state index >= 15 is 0 Å². The van der Waals surface area contributed by atoms with Gasteiger partial charge in [-0.05, 0) is 24.5 Å². The number of nitrogens with two attached hydrogens (primary N) is 1. The lowest BCUT2D eigenvalue weighted by Crippen LogP contribution is -2.34.